The molecule has 1 amide bonds. The Balaban J connectivity index is 1.65. The van der Waals surface area contributed by atoms with Crippen molar-refractivity contribution in [2.24, 2.45) is 0 Å². The topological polar surface area (TPSA) is 48.5 Å². The van der Waals surface area contributed by atoms with Crippen LogP contribution in [0.2, 0.25) is 0 Å². The summed E-state index contributed by atoms with van der Waals surface area (Å²) in [6, 6.07) is 1.94. The Morgan fingerprint density at radius 1 is 1.33 bits per heavy atom. The van der Waals surface area contributed by atoms with E-state index in [4.69, 9.17) is 0 Å². The summed E-state index contributed by atoms with van der Waals surface area (Å²) >= 11 is 0. The van der Waals surface area contributed by atoms with Crippen LogP contribution in [0.1, 0.15) is 12.0 Å². The molecule has 1 aromatic rings. The average Bonchev–Trinajstić information content (AvgIpc) is 2.92. The van der Waals surface area contributed by atoms with Gasteiger partial charge in [0.1, 0.15) is 6.04 Å². The fourth-order valence-corrected chi connectivity index (χ4v) is 3.03. The van der Waals surface area contributed by atoms with Crippen molar-refractivity contribution in [3.63, 3.8) is 0 Å². The number of nitrogens with zero attached hydrogens (tertiary/aromatic N) is 3. The summed E-state index contributed by atoms with van der Waals surface area (Å²) in [5, 5.41) is 3.20. The Hall–Kier alpha value is -1.88. The van der Waals surface area contributed by atoms with Gasteiger partial charge in [-0.3, -0.25) is 15.1 Å². The minimum atomic E-state index is -0.126. The molecule has 1 fully saturated rings. The van der Waals surface area contributed by atoms with Gasteiger partial charge in [0.25, 0.3) is 0 Å². The SMILES string of the molecule is Cc1cnccc1N1CCCN(C(=O)C2C=CCN2)CC1. The highest BCUT2D eigenvalue weighted by Gasteiger charge is 2.25. The third kappa shape index (κ3) is 3.08. The minimum absolute atomic E-state index is 0.126. The van der Waals surface area contributed by atoms with Crippen LogP contribution in [-0.2, 0) is 4.79 Å². The zero-order valence-corrected chi connectivity index (χ0v) is 12.5. The average molecular weight is 286 g/mol. The molecule has 2 aliphatic heterocycles. The van der Waals surface area contributed by atoms with Crippen LogP contribution in [0.3, 0.4) is 0 Å². The van der Waals surface area contributed by atoms with Crippen molar-refractivity contribution in [2.75, 3.05) is 37.6 Å². The standard InChI is InChI=1S/C16H22N4O/c1-13-12-17-7-5-15(13)19-8-3-9-20(11-10-19)16(21)14-4-2-6-18-14/h2,4-5,7,12,14,18H,3,6,8-11H2,1H3. The van der Waals surface area contributed by atoms with Crippen molar-refractivity contribution < 1.29 is 4.79 Å². The largest absolute Gasteiger partial charge is 0.369 e. The minimum Gasteiger partial charge on any atom is -0.369 e. The van der Waals surface area contributed by atoms with E-state index in [9.17, 15) is 4.79 Å². The molecule has 1 unspecified atom stereocenters. The summed E-state index contributed by atoms with van der Waals surface area (Å²) < 4.78 is 0. The normalized spacial score (nSPS) is 22.4. The molecule has 2 aliphatic rings. The van der Waals surface area contributed by atoms with E-state index in [0.717, 1.165) is 39.1 Å². The van der Waals surface area contributed by atoms with Crippen LogP contribution in [0.5, 0.6) is 0 Å². The predicted molar refractivity (Wildman–Crippen MR) is 83.3 cm³/mol. The van der Waals surface area contributed by atoms with Gasteiger partial charge in [0, 0.05) is 50.8 Å². The first-order chi connectivity index (χ1) is 10.3. The molecule has 0 bridgehead atoms. The van der Waals surface area contributed by atoms with E-state index in [1.54, 1.807) is 0 Å². The summed E-state index contributed by atoms with van der Waals surface area (Å²) in [5.74, 6) is 0.206. The summed E-state index contributed by atoms with van der Waals surface area (Å²) in [7, 11) is 0. The molecule has 21 heavy (non-hydrogen) atoms. The summed E-state index contributed by atoms with van der Waals surface area (Å²) in [6.07, 6.45) is 8.73. The van der Waals surface area contributed by atoms with E-state index >= 15 is 0 Å². The number of nitrogens with one attached hydrogen (secondary N) is 1. The quantitative estimate of drug-likeness (QED) is 0.823. The molecule has 1 aromatic heterocycles. The molecular formula is C16H22N4O. The monoisotopic (exact) mass is 286 g/mol. The Morgan fingerprint density at radius 3 is 3.00 bits per heavy atom. The molecule has 3 heterocycles. The summed E-state index contributed by atoms with van der Waals surface area (Å²) in [6.45, 7) is 6.38. The molecule has 112 valence electrons. The number of hydrogen-bond donors (Lipinski definition) is 1. The smallest absolute Gasteiger partial charge is 0.243 e. The lowest BCUT2D eigenvalue weighted by Crippen LogP contribution is -2.45. The van der Waals surface area contributed by atoms with Crippen molar-refractivity contribution in [3.05, 3.63) is 36.2 Å². The van der Waals surface area contributed by atoms with Gasteiger partial charge in [0.05, 0.1) is 0 Å². The zero-order valence-electron chi connectivity index (χ0n) is 12.5. The maximum absolute atomic E-state index is 12.4. The number of amides is 1. The first kappa shape index (κ1) is 14.1. The van der Waals surface area contributed by atoms with Crippen LogP contribution >= 0.6 is 0 Å². The molecule has 0 aromatic carbocycles. The van der Waals surface area contributed by atoms with Crippen LogP contribution < -0.4 is 10.2 Å². The molecule has 0 radical (unpaired) electrons. The second kappa shape index (κ2) is 6.26. The third-order valence-electron chi connectivity index (χ3n) is 4.19. The van der Waals surface area contributed by atoms with E-state index in [2.05, 4.69) is 28.2 Å². The lowest BCUT2D eigenvalue weighted by Gasteiger charge is -2.26. The van der Waals surface area contributed by atoms with Gasteiger partial charge >= 0.3 is 0 Å². The molecule has 5 heteroatoms. The fourth-order valence-electron chi connectivity index (χ4n) is 3.03. The van der Waals surface area contributed by atoms with E-state index in [1.807, 2.05) is 29.4 Å². The van der Waals surface area contributed by atoms with Gasteiger partial charge in [-0.1, -0.05) is 12.2 Å². The van der Waals surface area contributed by atoms with E-state index in [1.165, 1.54) is 11.3 Å². The van der Waals surface area contributed by atoms with Gasteiger partial charge in [-0.05, 0) is 25.0 Å². The summed E-state index contributed by atoms with van der Waals surface area (Å²) in [5.41, 5.74) is 2.43. The van der Waals surface area contributed by atoms with Crippen LogP contribution in [0.15, 0.2) is 30.6 Å². The van der Waals surface area contributed by atoms with Gasteiger partial charge < -0.3 is 9.80 Å². The van der Waals surface area contributed by atoms with Gasteiger partial charge in [-0.2, -0.15) is 0 Å². The lowest BCUT2D eigenvalue weighted by atomic mass is 10.2. The Labute approximate surface area is 125 Å². The molecule has 3 rings (SSSR count). The lowest BCUT2D eigenvalue weighted by molar-refractivity contribution is -0.131. The van der Waals surface area contributed by atoms with Gasteiger partial charge in [-0.25, -0.2) is 0 Å². The summed E-state index contributed by atoms with van der Waals surface area (Å²) in [4.78, 5) is 21.0. The van der Waals surface area contributed by atoms with Crippen molar-refractivity contribution in [3.8, 4) is 0 Å². The highest BCUT2D eigenvalue weighted by atomic mass is 16.2. The first-order valence-electron chi connectivity index (χ1n) is 7.60. The molecule has 1 atom stereocenters. The van der Waals surface area contributed by atoms with E-state index in [-0.39, 0.29) is 11.9 Å². The van der Waals surface area contributed by atoms with E-state index in [0.29, 0.717) is 0 Å². The second-order valence-corrected chi connectivity index (χ2v) is 5.64. The molecule has 0 spiro atoms. The molecule has 0 saturated carbocycles. The number of carbonyl (C=O) groups is 1. The Bertz CT molecular complexity index is 543. The maximum atomic E-state index is 12.4. The Kier molecular flexibility index (Phi) is 4.20. The van der Waals surface area contributed by atoms with Crippen molar-refractivity contribution in [2.45, 2.75) is 19.4 Å². The third-order valence-corrected chi connectivity index (χ3v) is 4.19. The van der Waals surface area contributed by atoms with Crippen molar-refractivity contribution in [1.82, 2.24) is 15.2 Å². The number of pyridine rings is 1. The van der Waals surface area contributed by atoms with Crippen LogP contribution in [0.4, 0.5) is 5.69 Å². The number of anilines is 1. The Morgan fingerprint density at radius 2 is 2.24 bits per heavy atom. The number of hydrogen-bond acceptors (Lipinski definition) is 4. The second-order valence-electron chi connectivity index (χ2n) is 5.64. The molecule has 0 aliphatic carbocycles. The van der Waals surface area contributed by atoms with Crippen LogP contribution in [0.25, 0.3) is 0 Å². The highest BCUT2D eigenvalue weighted by Crippen LogP contribution is 2.20. The fraction of sp³-hybridized carbons (Fsp3) is 0.500. The van der Waals surface area contributed by atoms with Crippen LogP contribution in [0, 0.1) is 6.92 Å². The molecule has 1 saturated heterocycles. The molecular weight excluding hydrogens is 264 g/mol. The first-order valence-corrected chi connectivity index (χ1v) is 7.60. The van der Waals surface area contributed by atoms with Crippen molar-refractivity contribution in [1.29, 1.82) is 0 Å². The number of aromatic nitrogens is 1. The number of carbonyl (C=O) groups excluding carboxylic acids is 1. The van der Waals surface area contributed by atoms with Gasteiger partial charge in [0.15, 0.2) is 0 Å². The maximum Gasteiger partial charge on any atom is 0.243 e. The van der Waals surface area contributed by atoms with Gasteiger partial charge in [0.2, 0.25) is 5.91 Å². The van der Waals surface area contributed by atoms with Gasteiger partial charge in [-0.15, -0.1) is 0 Å². The van der Waals surface area contributed by atoms with E-state index < -0.39 is 0 Å². The highest BCUT2D eigenvalue weighted by molar-refractivity contribution is 5.84. The van der Waals surface area contributed by atoms with Crippen molar-refractivity contribution >= 4 is 11.6 Å². The number of aryl methyl sites for hydroxylation is 1. The molecule has 5 nitrogen and oxygen atoms in total. The van der Waals surface area contributed by atoms with Crippen LogP contribution in [-0.4, -0.2) is 54.6 Å². The zero-order chi connectivity index (χ0) is 14.7. The number of rotatable bonds is 2. The predicted octanol–water partition coefficient (Wildman–Crippen LogP) is 0.957. The molecule has 1 N–H and O–H groups in total.